The van der Waals surface area contributed by atoms with Gasteiger partial charge in [-0.3, -0.25) is 9.62 Å². The molecule has 0 spiro atoms. The number of fused-ring (bicyclic) bond motifs is 1. The number of nitrogens with one attached hydrogen (secondary N) is 1. The van der Waals surface area contributed by atoms with Gasteiger partial charge in [-0.2, -0.15) is 0 Å². The van der Waals surface area contributed by atoms with Crippen LogP contribution >= 0.6 is 11.3 Å². The molecular weight excluding hydrogens is 449 g/mol. The van der Waals surface area contributed by atoms with E-state index in [1.165, 1.54) is 24.8 Å². The fourth-order valence-electron chi connectivity index (χ4n) is 4.02. The summed E-state index contributed by atoms with van der Waals surface area (Å²) in [4.78, 5) is 5.83. The van der Waals surface area contributed by atoms with Crippen LogP contribution in [0.2, 0.25) is 0 Å². The summed E-state index contributed by atoms with van der Waals surface area (Å²) in [5.41, 5.74) is 0.740. The maximum atomic E-state index is 14.7. The maximum absolute atomic E-state index is 14.7. The Hall–Kier alpha value is -2.49. The molecule has 1 fully saturated rings. The molecular formula is C23H28FN3O3S2. The van der Waals surface area contributed by atoms with Crippen LogP contribution in [0.25, 0.3) is 0 Å². The summed E-state index contributed by atoms with van der Waals surface area (Å²) < 4.78 is 47.8. The van der Waals surface area contributed by atoms with Crippen molar-refractivity contribution in [3.05, 3.63) is 71.5 Å². The number of piperidine rings is 1. The van der Waals surface area contributed by atoms with Crippen LogP contribution in [-0.2, 0) is 10.0 Å². The number of anilines is 1. The Labute approximate surface area is 193 Å². The molecule has 1 aromatic heterocycles. The van der Waals surface area contributed by atoms with E-state index in [0.717, 1.165) is 49.3 Å². The van der Waals surface area contributed by atoms with Gasteiger partial charge in [0.15, 0.2) is 5.13 Å². The van der Waals surface area contributed by atoms with Gasteiger partial charge in [0.2, 0.25) is 0 Å². The Bertz CT molecular complexity index is 1080. The van der Waals surface area contributed by atoms with Crippen LogP contribution < -0.4 is 9.46 Å². The van der Waals surface area contributed by atoms with Gasteiger partial charge in [-0.05, 0) is 32.0 Å². The fourth-order valence-corrected chi connectivity index (χ4v) is 5.88. The molecule has 3 heterocycles. The number of benzene rings is 2. The number of sulfonamides is 1. The third-order valence-corrected chi connectivity index (χ3v) is 7.69. The van der Waals surface area contributed by atoms with E-state index >= 15 is 0 Å². The zero-order chi connectivity index (χ0) is 22.4. The summed E-state index contributed by atoms with van der Waals surface area (Å²) in [6.45, 7) is 2.47. The first-order valence-corrected chi connectivity index (χ1v) is 13.0. The van der Waals surface area contributed by atoms with E-state index in [1.54, 1.807) is 5.38 Å². The van der Waals surface area contributed by atoms with E-state index < -0.39 is 20.7 Å². The third kappa shape index (κ3) is 5.46. The molecule has 1 atom stereocenters. The first-order valence-electron chi connectivity index (χ1n) is 10.7. The standard InChI is InChI=1S/C17H20FN3O3S2.C6H6.H2/c18-13-10-12-14(21-6-2-1-3-7-21)4-8-24-15(12)11-16(13)26(22,23)20-17-19-5-9-25-17;1-2-4-6-5-3-1;/h5,9-11,14H,1-4,6-8H2,(H,19,20);1-6H;1H/t14-;;/m0../s1. The van der Waals surface area contributed by atoms with Crippen LogP contribution in [0.3, 0.4) is 0 Å². The van der Waals surface area contributed by atoms with E-state index in [-0.39, 0.29) is 12.6 Å². The highest BCUT2D eigenvalue weighted by atomic mass is 32.2. The lowest BCUT2D eigenvalue weighted by Crippen LogP contribution is -2.36. The zero-order valence-electron chi connectivity index (χ0n) is 17.6. The van der Waals surface area contributed by atoms with Gasteiger partial charge in [0.25, 0.3) is 10.0 Å². The van der Waals surface area contributed by atoms with Crippen molar-refractivity contribution in [1.82, 2.24) is 9.88 Å². The second kappa shape index (κ2) is 10.4. The minimum absolute atomic E-state index is 0. The molecule has 0 bridgehead atoms. The van der Waals surface area contributed by atoms with Crippen molar-refractivity contribution < 1.29 is 19.0 Å². The maximum Gasteiger partial charge on any atom is 0.266 e. The molecule has 2 aromatic carbocycles. The number of thiazole rings is 1. The molecule has 32 heavy (non-hydrogen) atoms. The summed E-state index contributed by atoms with van der Waals surface area (Å²) in [5.74, 6) is -0.312. The summed E-state index contributed by atoms with van der Waals surface area (Å²) in [5, 5.41) is 1.85. The van der Waals surface area contributed by atoms with Crippen molar-refractivity contribution in [1.29, 1.82) is 0 Å². The third-order valence-electron chi connectivity index (χ3n) is 5.51. The number of rotatable bonds is 4. The van der Waals surface area contributed by atoms with Gasteiger partial charge in [-0.15, -0.1) is 11.3 Å². The summed E-state index contributed by atoms with van der Waals surface area (Å²) >= 11 is 1.14. The number of hydrogen-bond acceptors (Lipinski definition) is 6. The molecule has 1 saturated heterocycles. The van der Waals surface area contributed by atoms with Crippen LogP contribution in [0.1, 0.15) is 38.7 Å². The smallest absolute Gasteiger partial charge is 0.266 e. The highest BCUT2D eigenvalue weighted by Gasteiger charge is 2.31. The lowest BCUT2D eigenvalue weighted by molar-refractivity contribution is 0.118. The molecule has 5 rings (SSSR count). The molecule has 0 saturated carbocycles. The molecule has 6 nitrogen and oxygen atoms in total. The molecule has 2 aliphatic heterocycles. The Morgan fingerprint density at radius 2 is 1.78 bits per heavy atom. The van der Waals surface area contributed by atoms with Gasteiger partial charge in [0.05, 0.1) is 6.61 Å². The van der Waals surface area contributed by atoms with Crippen molar-refractivity contribution in [2.45, 2.75) is 36.6 Å². The summed E-state index contributed by atoms with van der Waals surface area (Å²) in [6, 6.07) is 14.7. The predicted molar refractivity (Wildman–Crippen MR) is 126 cm³/mol. The second-order valence-corrected chi connectivity index (χ2v) is 10.2. The molecule has 0 amide bonds. The molecule has 3 aromatic rings. The first kappa shape index (κ1) is 22.7. The quantitative estimate of drug-likeness (QED) is 0.550. The number of likely N-dealkylation sites (tertiary alicyclic amines) is 1. The van der Waals surface area contributed by atoms with Crippen LogP contribution in [0.5, 0.6) is 5.75 Å². The average Bonchev–Trinajstić information content (AvgIpc) is 3.33. The second-order valence-electron chi connectivity index (χ2n) is 7.67. The molecule has 2 aliphatic rings. The zero-order valence-corrected chi connectivity index (χ0v) is 19.2. The van der Waals surface area contributed by atoms with E-state index in [1.807, 2.05) is 36.4 Å². The minimum Gasteiger partial charge on any atom is -0.493 e. The number of aromatic nitrogens is 1. The Kier molecular flexibility index (Phi) is 7.39. The van der Waals surface area contributed by atoms with E-state index in [4.69, 9.17) is 4.74 Å². The number of hydrogen-bond donors (Lipinski definition) is 1. The molecule has 0 radical (unpaired) electrons. The summed E-state index contributed by atoms with van der Waals surface area (Å²) in [7, 11) is -4.06. The van der Waals surface area contributed by atoms with Gasteiger partial charge >= 0.3 is 0 Å². The van der Waals surface area contributed by atoms with E-state index in [9.17, 15) is 12.8 Å². The van der Waals surface area contributed by atoms with Crippen LogP contribution in [0.4, 0.5) is 9.52 Å². The molecule has 1 N–H and O–H groups in total. The SMILES string of the molecule is O=S(=O)(Nc1nccs1)c1cc2c(cc1F)[C@@H](N1CCCCC1)CCO2.[HH].c1ccccc1. The highest BCUT2D eigenvalue weighted by molar-refractivity contribution is 7.93. The van der Waals surface area contributed by atoms with Crippen LogP contribution in [-0.4, -0.2) is 38.0 Å². The first-order chi connectivity index (χ1) is 15.5. The molecule has 9 heteroatoms. The minimum atomic E-state index is -4.06. The van der Waals surface area contributed by atoms with Crippen molar-refractivity contribution in [3.8, 4) is 5.75 Å². The Morgan fingerprint density at radius 1 is 1.09 bits per heavy atom. The molecule has 0 unspecified atom stereocenters. The predicted octanol–water partition coefficient (Wildman–Crippen LogP) is 5.33. The van der Waals surface area contributed by atoms with Gasteiger partial charge < -0.3 is 4.74 Å². The largest absolute Gasteiger partial charge is 0.493 e. The number of nitrogens with zero attached hydrogens (tertiary/aromatic N) is 2. The van der Waals surface area contributed by atoms with Gasteiger partial charge in [0, 0.05) is 37.1 Å². The lowest BCUT2D eigenvalue weighted by Gasteiger charge is -2.38. The monoisotopic (exact) mass is 477 g/mol. The molecule has 172 valence electrons. The highest BCUT2D eigenvalue weighted by Crippen LogP contribution is 2.39. The van der Waals surface area contributed by atoms with E-state index in [0.29, 0.717) is 12.4 Å². The normalized spacial score (nSPS) is 18.6. The van der Waals surface area contributed by atoms with Crippen molar-refractivity contribution in [3.63, 3.8) is 0 Å². The van der Waals surface area contributed by atoms with Crippen molar-refractivity contribution >= 4 is 26.5 Å². The van der Waals surface area contributed by atoms with Crippen LogP contribution in [0.15, 0.2) is 65.0 Å². The van der Waals surface area contributed by atoms with Gasteiger partial charge in [0.1, 0.15) is 16.5 Å². The van der Waals surface area contributed by atoms with Crippen molar-refractivity contribution in [2.24, 2.45) is 0 Å². The Morgan fingerprint density at radius 3 is 2.41 bits per heavy atom. The van der Waals surface area contributed by atoms with Gasteiger partial charge in [-0.1, -0.05) is 42.8 Å². The lowest BCUT2D eigenvalue weighted by atomic mass is 9.96. The fraction of sp³-hybridized carbons (Fsp3) is 0.348. The molecule has 0 aliphatic carbocycles. The number of ether oxygens (including phenoxy) is 1. The summed E-state index contributed by atoms with van der Waals surface area (Å²) in [6.07, 6.45) is 5.77. The van der Waals surface area contributed by atoms with Crippen molar-refractivity contribution in [2.75, 3.05) is 24.4 Å². The Balaban J connectivity index is 0.000000382. The number of halogens is 1. The topological polar surface area (TPSA) is 71.5 Å². The average molecular weight is 478 g/mol. The van der Waals surface area contributed by atoms with E-state index in [2.05, 4.69) is 14.6 Å². The van der Waals surface area contributed by atoms with Crippen LogP contribution in [0, 0.1) is 5.82 Å². The van der Waals surface area contributed by atoms with Gasteiger partial charge in [-0.25, -0.2) is 17.8 Å².